The molecule has 1 aliphatic rings. The number of carboxylic acids is 1. The molecule has 8 heteroatoms. The highest BCUT2D eigenvalue weighted by Crippen LogP contribution is 2.44. The van der Waals surface area contributed by atoms with E-state index in [0.29, 0.717) is 5.69 Å². The van der Waals surface area contributed by atoms with Crippen molar-refractivity contribution >= 4 is 23.7 Å². The Morgan fingerprint density at radius 3 is 2.00 bits per heavy atom. The fourth-order valence-electron chi connectivity index (χ4n) is 3.88. The number of aliphatic hydroxyl groups excluding tert-OH is 1. The summed E-state index contributed by atoms with van der Waals surface area (Å²) in [7, 11) is 0. The van der Waals surface area contributed by atoms with Gasteiger partial charge in [-0.25, -0.2) is 9.59 Å². The van der Waals surface area contributed by atoms with E-state index in [0.717, 1.165) is 22.3 Å². The molecule has 168 valence electrons. The summed E-state index contributed by atoms with van der Waals surface area (Å²) in [6.45, 7) is -0.541. The molecule has 8 nitrogen and oxygen atoms in total. The van der Waals surface area contributed by atoms with Crippen molar-refractivity contribution in [2.24, 2.45) is 0 Å². The van der Waals surface area contributed by atoms with E-state index in [-0.39, 0.29) is 18.1 Å². The maximum atomic E-state index is 12.4. The number of ether oxygens (including phenoxy) is 1. The van der Waals surface area contributed by atoms with Gasteiger partial charge in [0.05, 0.1) is 6.61 Å². The van der Waals surface area contributed by atoms with Gasteiger partial charge in [0.25, 0.3) is 5.91 Å². The Balaban J connectivity index is 1.36. The number of aliphatic carboxylic acids is 1. The molecule has 4 rings (SSSR count). The molecule has 0 bridgehead atoms. The van der Waals surface area contributed by atoms with Gasteiger partial charge < -0.3 is 20.3 Å². The first-order valence-corrected chi connectivity index (χ1v) is 10.3. The molecule has 0 saturated carbocycles. The average Bonchev–Trinajstić information content (AvgIpc) is 3.15. The van der Waals surface area contributed by atoms with Crippen LogP contribution in [0.5, 0.6) is 0 Å². The lowest BCUT2D eigenvalue weighted by molar-refractivity contribution is -0.140. The number of carboxylic acid groups (broad SMARTS) is 1. The Morgan fingerprint density at radius 1 is 0.879 bits per heavy atom. The Morgan fingerprint density at radius 2 is 1.45 bits per heavy atom. The van der Waals surface area contributed by atoms with Crippen LogP contribution >= 0.6 is 0 Å². The van der Waals surface area contributed by atoms with Crippen molar-refractivity contribution in [1.29, 1.82) is 0 Å². The van der Waals surface area contributed by atoms with Crippen molar-refractivity contribution in [2.75, 3.05) is 18.5 Å². The standard InChI is InChI=1S/C25H22N2O6/c28-13-22(24(30)31)27-23(29)15-9-11-16(12-10-15)26-25(32)33-14-21-19-7-3-1-5-17(19)18-6-2-4-8-20(18)21/h1-12,21-22,28H,13-14H2,(H,26,32)(H,27,29)(H,30,31)/t22-/m1/s1. The van der Waals surface area contributed by atoms with Crippen molar-refractivity contribution < 1.29 is 29.3 Å². The molecular weight excluding hydrogens is 424 g/mol. The van der Waals surface area contributed by atoms with E-state index < -0.39 is 30.6 Å². The van der Waals surface area contributed by atoms with Crippen molar-refractivity contribution in [3.8, 4) is 11.1 Å². The van der Waals surface area contributed by atoms with Gasteiger partial charge in [-0.1, -0.05) is 48.5 Å². The van der Waals surface area contributed by atoms with Gasteiger partial charge in [-0.15, -0.1) is 0 Å². The van der Waals surface area contributed by atoms with E-state index in [4.69, 9.17) is 14.9 Å². The SMILES string of the molecule is O=C(Nc1ccc(C(=O)N[C@H](CO)C(=O)O)cc1)OCC1c2ccccc2-c2ccccc21. The molecule has 0 heterocycles. The van der Waals surface area contributed by atoms with Crippen molar-refractivity contribution in [3.05, 3.63) is 89.5 Å². The number of rotatable bonds is 7. The first-order valence-electron chi connectivity index (χ1n) is 10.3. The van der Waals surface area contributed by atoms with Crippen LogP contribution < -0.4 is 10.6 Å². The number of fused-ring (bicyclic) bond motifs is 3. The van der Waals surface area contributed by atoms with Crippen LogP contribution in [0.4, 0.5) is 10.5 Å². The van der Waals surface area contributed by atoms with Crippen LogP contribution in [0, 0.1) is 0 Å². The van der Waals surface area contributed by atoms with E-state index in [1.807, 2.05) is 36.4 Å². The third kappa shape index (κ3) is 4.70. The molecule has 0 aromatic heterocycles. The number of hydrogen-bond acceptors (Lipinski definition) is 5. The van der Waals surface area contributed by atoms with Crippen LogP contribution in [-0.4, -0.2) is 47.4 Å². The molecule has 3 aromatic carbocycles. The van der Waals surface area contributed by atoms with Crippen LogP contribution in [0.3, 0.4) is 0 Å². The van der Waals surface area contributed by atoms with Crippen LogP contribution in [0.2, 0.25) is 0 Å². The number of benzene rings is 3. The molecule has 2 amide bonds. The van der Waals surface area contributed by atoms with Crippen LogP contribution in [-0.2, 0) is 9.53 Å². The maximum absolute atomic E-state index is 12.4. The van der Waals surface area contributed by atoms with Crippen LogP contribution in [0.1, 0.15) is 27.4 Å². The Kier molecular flexibility index (Phi) is 6.37. The normalized spacial score (nSPS) is 12.9. The van der Waals surface area contributed by atoms with Crippen molar-refractivity contribution in [2.45, 2.75) is 12.0 Å². The molecule has 0 radical (unpaired) electrons. The van der Waals surface area contributed by atoms with Crippen LogP contribution in [0.25, 0.3) is 11.1 Å². The summed E-state index contributed by atoms with van der Waals surface area (Å²) < 4.78 is 5.49. The van der Waals surface area contributed by atoms with Crippen LogP contribution in [0.15, 0.2) is 72.8 Å². The highest BCUT2D eigenvalue weighted by atomic mass is 16.5. The molecule has 0 unspecified atom stereocenters. The number of amides is 2. The summed E-state index contributed by atoms with van der Waals surface area (Å²) in [6, 6.07) is 20.6. The minimum Gasteiger partial charge on any atom is -0.480 e. The molecule has 3 aromatic rings. The highest BCUT2D eigenvalue weighted by molar-refractivity contribution is 5.97. The molecule has 4 N–H and O–H groups in total. The fourth-order valence-corrected chi connectivity index (χ4v) is 3.88. The highest BCUT2D eigenvalue weighted by Gasteiger charge is 2.29. The summed E-state index contributed by atoms with van der Waals surface area (Å²) in [5.74, 6) is -2.04. The second-order valence-electron chi connectivity index (χ2n) is 7.57. The van der Waals surface area contributed by atoms with E-state index in [9.17, 15) is 14.4 Å². The number of nitrogens with one attached hydrogen (secondary N) is 2. The quantitative estimate of drug-likeness (QED) is 0.442. The van der Waals surface area contributed by atoms with Gasteiger partial charge >= 0.3 is 12.1 Å². The van der Waals surface area contributed by atoms with Crippen molar-refractivity contribution in [1.82, 2.24) is 5.32 Å². The van der Waals surface area contributed by atoms with Gasteiger partial charge in [-0.2, -0.15) is 0 Å². The van der Waals surface area contributed by atoms with Crippen molar-refractivity contribution in [3.63, 3.8) is 0 Å². The second kappa shape index (κ2) is 9.54. The number of carbonyl (C=O) groups excluding carboxylic acids is 2. The molecule has 0 fully saturated rings. The van der Waals surface area contributed by atoms with E-state index in [1.54, 1.807) is 0 Å². The first-order chi connectivity index (χ1) is 16.0. The molecule has 33 heavy (non-hydrogen) atoms. The lowest BCUT2D eigenvalue weighted by Gasteiger charge is -2.15. The summed E-state index contributed by atoms with van der Waals surface area (Å²) in [5, 5.41) is 22.8. The second-order valence-corrected chi connectivity index (χ2v) is 7.57. The molecule has 0 saturated heterocycles. The topological polar surface area (TPSA) is 125 Å². The van der Waals surface area contributed by atoms with Gasteiger partial charge in [0, 0.05) is 17.2 Å². The van der Waals surface area contributed by atoms with Gasteiger partial charge in [-0.3, -0.25) is 10.1 Å². The predicted octanol–water partition coefficient (Wildman–Crippen LogP) is 3.22. The largest absolute Gasteiger partial charge is 0.480 e. The Hall–Kier alpha value is -4.17. The molecule has 0 aliphatic heterocycles. The number of aliphatic hydroxyl groups is 1. The van der Waals surface area contributed by atoms with E-state index >= 15 is 0 Å². The number of carbonyl (C=O) groups is 3. The molecule has 0 spiro atoms. The zero-order valence-corrected chi connectivity index (χ0v) is 17.5. The summed E-state index contributed by atoms with van der Waals surface area (Å²) in [4.78, 5) is 35.4. The fraction of sp³-hybridized carbons (Fsp3) is 0.160. The molecular formula is C25H22N2O6. The summed E-state index contributed by atoms with van der Waals surface area (Å²) in [5.41, 5.74) is 5.12. The predicted molar refractivity (Wildman–Crippen MR) is 121 cm³/mol. The van der Waals surface area contributed by atoms with Gasteiger partial charge in [0.15, 0.2) is 6.04 Å². The minimum atomic E-state index is -1.39. The van der Waals surface area contributed by atoms with Gasteiger partial charge in [0.2, 0.25) is 0 Å². The molecule has 1 atom stereocenters. The lowest BCUT2D eigenvalue weighted by atomic mass is 9.98. The average molecular weight is 446 g/mol. The smallest absolute Gasteiger partial charge is 0.411 e. The Bertz CT molecular complexity index is 1150. The first kappa shape index (κ1) is 22.0. The summed E-state index contributed by atoms with van der Waals surface area (Å²) >= 11 is 0. The minimum absolute atomic E-state index is 0.0528. The maximum Gasteiger partial charge on any atom is 0.411 e. The zero-order valence-electron chi connectivity index (χ0n) is 17.5. The van der Waals surface area contributed by atoms with Gasteiger partial charge in [-0.05, 0) is 46.5 Å². The number of anilines is 1. The molecule has 1 aliphatic carbocycles. The third-order valence-electron chi connectivity index (χ3n) is 5.52. The van der Waals surface area contributed by atoms with E-state index in [1.165, 1.54) is 24.3 Å². The third-order valence-corrected chi connectivity index (χ3v) is 5.52. The number of hydrogen-bond donors (Lipinski definition) is 4. The van der Waals surface area contributed by atoms with Gasteiger partial charge in [0.1, 0.15) is 6.61 Å². The van der Waals surface area contributed by atoms with E-state index in [2.05, 4.69) is 22.8 Å². The Labute approximate surface area is 189 Å². The monoisotopic (exact) mass is 446 g/mol. The summed E-state index contributed by atoms with van der Waals surface area (Å²) in [6.07, 6.45) is -0.625. The lowest BCUT2D eigenvalue weighted by Crippen LogP contribution is -2.43. The zero-order chi connectivity index (χ0) is 23.4.